The Bertz CT molecular complexity index is 992. The number of hydrogen-bond acceptors (Lipinski definition) is 4. The van der Waals surface area contributed by atoms with Gasteiger partial charge in [-0.05, 0) is 91.7 Å². The van der Waals surface area contributed by atoms with Crippen molar-refractivity contribution in [3.63, 3.8) is 0 Å². The monoisotopic (exact) mass is 482 g/mol. The molecular weight excluding hydrogens is 443 g/mol. The Morgan fingerprint density at radius 2 is 1.74 bits per heavy atom. The molecule has 0 amide bonds. The lowest BCUT2D eigenvalue weighted by molar-refractivity contribution is -0.139. The largest absolute Gasteiger partial charge is 0.490 e. The number of halogens is 1. The van der Waals surface area contributed by atoms with Gasteiger partial charge in [0.1, 0.15) is 24.8 Å². The Morgan fingerprint density at radius 1 is 1.03 bits per heavy atom. The summed E-state index contributed by atoms with van der Waals surface area (Å²) in [6.07, 6.45) is 7.36. The highest BCUT2D eigenvalue weighted by Gasteiger charge is 2.20. The zero-order chi connectivity index (χ0) is 25.2. The lowest BCUT2D eigenvalue weighted by Gasteiger charge is -2.26. The highest BCUT2D eigenvalue weighted by molar-refractivity contribution is 5.86. The molecule has 0 bridgehead atoms. The molecule has 35 heavy (non-hydrogen) atoms. The molecule has 0 aliphatic heterocycles. The van der Waals surface area contributed by atoms with E-state index < -0.39 is 5.97 Å². The third-order valence-electron chi connectivity index (χ3n) is 6.91. The number of ether oxygens (including phenoxy) is 2. The number of carbonyl (C=O) groups is 1. The van der Waals surface area contributed by atoms with Crippen molar-refractivity contribution in [1.29, 1.82) is 0 Å². The standard InChI is InChI=1S/C30H39FO4/c1-21(2)30(33)35-18-17-34-29-19-23(5-4-16-32)8-11-26(29)14-12-25-13-15-27(20-28(25)31)24-9-6-22(3)7-10-24/h8,11,13,15,19-20,22,24,32H,1,4-7,9-10,12,14,16-18H2,2-3H3. The van der Waals surface area contributed by atoms with Gasteiger partial charge < -0.3 is 14.6 Å². The topological polar surface area (TPSA) is 55.8 Å². The van der Waals surface area contributed by atoms with E-state index in [9.17, 15) is 9.18 Å². The van der Waals surface area contributed by atoms with E-state index in [1.54, 1.807) is 13.0 Å². The summed E-state index contributed by atoms with van der Waals surface area (Å²) in [5.41, 5.74) is 4.23. The minimum atomic E-state index is -0.438. The number of esters is 1. The van der Waals surface area contributed by atoms with Crippen LogP contribution in [0.15, 0.2) is 48.6 Å². The molecular formula is C30H39FO4. The summed E-state index contributed by atoms with van der Waals surface area (Å²) in [4.78, 5) is 11.6. The predicted molar refractivity (Wildman–Crippen MR) is 137 cm³/mol. The first-order valence-corrected chi connectivity index (χ1v) is 12.8. The number of benzene rings is 2. The first kappa shape index (κ1) is 26.9. The fourth-order valence-corrected chi connectivity index (χ4v) is 4.67. The van der Waals surface area contributed by atoms with Crippen LogP contribution in [0.25, 0.3) is 0 Å². The minimum Gasteiger partial charge on any atom is -0.490 e. The van der Waals surface area contributed by atoms with Gasteiger partial charge in [0, 0.05) is 12.2 Å². The fraction of sp³-hybridized carbons (Fsp3) is 0.500. The number of carbonyl (C=O) groups excluding carboxylic acids is 1. The van der Waals surface area contributed by atoms with Crippen LogP contribution in [0.5, 0.6) is 5.75 Å². The summed E-state index contributed by atoms with van der Waals surface area (Å²) in [5, 5.41) is 9.15. The van der Waals surface area contributed by atoms with Crippen molar-refractivity contribution in [2.24, 2.45) is 5.92 Å². The maximum Gasteiger partial charge on any atom is 0.333 e. The Hall–Kier alpha value is -2.66. The quantitative estimate of drug-likeness (QED) is 0.218. The van der Waals surface area contributed by atoms with E-state index in [1.807, 2.05) is 24.3 Å². The van der Waals surface area contributed by atoms with Crippen molar-refractivity contribution in [3.05, 3.63) is 76.6 Å². The summed E-state index contributed by atoms with van der Waals surface area (Å²) in [6.45, 7) is 7.95. The summed E-state index contributed by atoms with van der Waals surface area (Å²) in [5.74, 6) is 1.39. The van der Waals surface area contributed by atoms with Crippen LogP contribution in [-0.4, -0.2) is 30.9 Å². The van der Waals surface area contributed by atoms with Gasteiger partial charge >= 0.3 is 5.97 Å². The molecule has 1 saturated carbocycles. The second-order valence-corrected chi connectivity index (χ2v) is 9.84. The highest BCUT2D eigenvalue weighted by Crippen LogP contribution is 2.36. The molecule has 0 aromatic heterocycles. The van der Waals surface area contributed by atoms with Crippen LogP contribution in [0.2, 0.25) is 0 Å². The average molecular weight is 483 g/mol. The summed E-state index contributed by atoms with van der Waals surface area (Å²) >= 11 is 0. The third kappa shape index (κ3) is 8.21. The maximum atomic E-state index is 15.0. The van der Waals surface area contributed by atoms with Crippen LogP contribution >= 0.6 is 0 Å². The number of rotatable bonds is 12. The van der Waals surface area contributed by atoms with Gasteiger partial charge in [0.15, 0.2) is 0 Å². The molecule has 3 rings (SSSR count). The molecule has 0 heterocycles. The van der Waals surface area contributed by atoms with Gasteiger partial charge in [-0.1, -0.05) is 50.6 Å². The van der Waals surface area contributed by atoms with Gasteiger partial charge in [-0.2, -0.15) is 0 Å². The highest BCUT2D eigenvalue weighted by atomic mass is 19.1. The second-order valence-electron chi connectivity index (χ2n) is 9.84. The molecule has 0 saturated heterocycles. The Balaban J connectivity index is 1.64. The minimum absolute atomic E-state index is 0.127. The maximum absolute atomic E-state index is 15.0. The van der Waals surface area contributed by atoms with E-state index in [-0.39, 0.29) is 25.6 Å². The van der Waals surface area contributed by atoms with Crippen molar-refractivity contribution in [2.75, 3.05) is 19.8 Å². The molecule has 0 unspecified atom stereocenters. The van der Waals surface area contributed by atoms with E-state index >= 15 is 0 Å². The molecule has 1 aliphatic carbocycles. The molecule has 1 aliphatic rings. The number of hydrogen-bond donors (Lipinski definition) is 1. The Kier molecular flexibility index (Phi) is 10.3. The van der Waals surface area contributed by atoms with Crippen molar-refractivity contribution in [1.82, 2.24) is 0 Å². The molecule has 1 N–H and O–H groups in total. The number of aliphatic hydroxyl groups excluding tert-OH is 1. The van der Waals surface area contributed by atoms with Crippen LogP contribution in [0.1, 0.15) is 74.1 Å². The van der Waals surface area contributed by atoms with E-state index in [4.69, 9.17) is 14.6 Å². The normalized spacial score (nSPS) is 17.7. The summed E-state index contributed by atoms with van der Waals surface area (Å²) < 4.78 is 26.0. The average Bonchev–Trinajstić information content (AvgIpc) is 2.85. The lowest BCUT2D eigenvalue weighted by atomic mass is 9.79. The van der Waals surface area contributed by atoms with Gasteiger partial charge in [0.05, 0.1) is 0 Å². The molecule has 0 radical (unpaired) electrons. The van der Waals surface area contributed by atoms with Gasteiger partial charge in [-0.15, -0.1) is 0 Å². The van der Waals surface area contributed by atoms with E-state index in [1.165, 1.54) is 12.8 Å². The van der Waals surface area contributed by atoms with Crippen LogP contribution in [0.4, 0.5) is 4.39 Å². The molecule has 0 atom stereocenters. The molecule has 2 aromatic rings. The van der Waals surface area contributed by atoms with Crippen molar-refractivity contribution in [2.45, 2.75) is 71.1 Å². The molecule has 1 fully saturated rings. The summed E-state index contributed by atoms with van der Waals surface area (Å²) in [7, 11) is 0. The smallest absolute Gasteiger partial charge is 0.333 e. The summed E-state index contributed by atoms with van der Waals surface area (Å²) in [6, 6.07) is 11.8. The van der Waals surface area contributed by atoms with Crippen molar-refractivity contribution < 1.29 is 23.8 Å². The van der Waals surface area contributed by atoms with Crippen LogP contribution in [0, 0.1) is 11.7 Å². The van der Waals surface area contributed by atoms with Gasteiger partial charge in [-0.3, -0.25) is 0 Å². The number of aryl methyl sites for hydroxylation is 3. The van der Waals surface area contributed by atoms with Gasteiger partial charge in [0.2, 0.25) is 0 Å². The van der Waals surface area contributed by atoms with Crippen LogP contribution in [0.3, 0.4) is 0 Å². The molecule has 5 heteroatoms. The van der Waals surface area contributed by atoms with Crippen molar-refractivity contribution >= 4 is 5.97 Å². The van der Waals surface area contributed by atoms with E-state index in [0.717, 1.165) is 41.9 Å². The molecule has 190 valence electrons. The zero-order valence-corrected chi connectivity index (χ0v) is 21.2. The van der Waals surface area contributed by atoms with Crippen LogP contribution in [-0.2, 0) is 28.8 Å². The predicted octanol–water partition coefficient (Wildman–Crippen LogP) is 6.33. The molecule has 4 nitrogen and oxygen atoms in total. The Morgan fingerprint density at radius 3 is 2.43 bits per heavy atom. The zero-order valence-electron chi connectivity index (χ0n) is 21.2. The van der Waals surface area contributed by atoms with Crippen molar-refractivity contribution in [3.8, 4) is 5.75 Å². The fourth-order valence-electron chi connectivity index (χ4n) is 4.67. The SMILES string of the molecule is C=C(C)C(=O)OCCOc1cc(CCCO)ccc1CCc1ccc(C2CCC(C)CC2)cc1F. The number of aliphatic hydroxyl groups is 1. The van der Waals surface area contributed by atoms with Crippen LogP contribution < -0.4 is 4.74 Å². The van der Waals surface area contributed by atoms with Gasteiger partial charge in [0.25, 0.3) is 0 Å². The first-order chi connectivity index (χ1) is 16.9. The first-order valence-electron chi connectivity index (χ1n) is 12.8. The lowest BCUT2D eigenvalue weighted by Crippen LogP contribution is -2.13. The van der Waals surface area contributed by atoms with Gasteiger partial charge in [-0.25, -0.2) is 9.18 Å². The molecule has 0 spiro atoms. The molecule has 2 aromatic carbocycles. The Labute approximate surface area is 209 Å². The second kappa shape index (κ2) is 13.4. The third-order valence-corrected chi connectivity index (χ3v) is 6.91. The van der Waals surface area contributed by atoms with E-state index in [2.05, 4.69) is 19.6 Å². The van der Waals surface area contributed by atoms with E-state index in [0.29, 0.717) is 42.1 Å².